The highest BCUT2D eigenvalue weighted by atomic mass is 15.1. The highest BCUT2D eigenvalue weighted by Gasteiger charge is 2.19. The van der Waals surface area contributed by atoms with Crippen LogP contribution in [0.1, 0.15) is 51.0 Å². The zero-order valence-corrected chi connectivity index (χ0v) is 19.0. The molecule has 6 heteroatoms. The van der Waals surface area contributed by atoms with Crippen LogP contribution in [0.3, 0.4) is 0 Å². The lowest BCUT2D eigenvalue weighted by molar-refractivity contribution is 0.170. The quantitative estimate of drug-likeness (QED) is 0.427. The van der Waals surface area contributed by atoms with Crippen molar-refractivity contribution in [2.24, 2.45) is 5.92 Å². The van der Waals surface area contributed by atoms with Crippen molar-refractivity contribution in [3.8, 4) is 11.3 Å². The number of nitrogens with zero attached hydrogens (tertiary/aromatic N) is 4. The third kappa shape index (κ3) is 6.26. The molecule has 1 aromatic carbocycles. The van der Waals surface area contributed by atoms with Crippen molar-refractivity contribution in [2.45, 2.75) is 52.0 Å². The largest absolute Gasteiger partial charge is 0.384 e. The predicted molar refractivity (Wildman–Crippen MR) is 132 cm³/mol. The van der Waals surface area contributed by atoms with Gasteiger partial charge < -0.3 is 11.1 Å². The zero-order valence-electron chi connectivity index (χ0n) is 19.0. The van der Waals surface area contributed by atoms with E-state index in [1.165, 1.54) is 57.2 Å². The second-order valence-corrected chi connectivity index (χ2v) is 8.78. The molecule has 0 saturated carbocycles. The number of rotatable bonds is 9. The molecule has 0 bridgehead atoms. The first-order chi connectivity index (χ1) is 15.7. The average molecular weight is 431 g/mol. The Morgan fingerprint density at radius 2 is 1.94 bits per heavy atom. The Morgan fingerprint density at radius 3 is 2.72 bits per heavy atom. The van der Waals surface area contributed by atoms with Crippen LogP contribution in [0.4, 0.5) is 17.5 Å². The number of likely N-dealkylation sites (tertiary alicyclic amines) is 1. The number of unbranched alkanes of at least 4 members (excludes halogenated alkanes) is 2. The summed E-state index contributed by atoms with van der Waals surface area (Å²) in [5.74, 6) is 1.99. The van der Waals surface area contributed by atoms with Gasteiger partial charge in [0.1, 0.15) is 5.82 Å². The molecule has 1 fully saturated rings. The van der Waals surface area contributed by atoms with Crippen LogP contribution in [0.25, 0.3) is 11.3 Å². The van der Waals surface area contributed by atoms with Gasteiger partial charge in [-0.25, -0.2) is 15.0 Å². The van der Waals surface area contributed by atoms with E-state index in [4.69, 9.17) is 5.73 Å². The molecule has 0 radical (unpaired) electrons. The third-order valence-corrected chi connectivity index (χ3v) is 6.25. The van der Waals surface area contributed by atoms with Crippen molar-refractivity contribution in [3.05, 3.63) is 60.4 Å². The fourth-order valence-electron chi connectivity index (χ4n) is 4.39. The monoisotopic (exact) mass is 430 g/mol. The fourth-order valence-corrected chi connectivity index (χ4v) is 4.39. The summed E-state index contributed by atoms with van der Waals surface area (Å²) in [5, 5.41) is 3.35. The minimum Gasteiger partial charge on any atom is -0.384 e. The molecule has 1 aliphatic heterocycles. The Kier molecular flexibility index (Phi) is 7.67. The first-order valence-corrected chi connectivity index (χ1v) is 11.8. The smallest absolute Gasteiger partial charge is 0.227 e. The van der Waals surface area contributed by atoms with Crippen LogP contribution >= 0.6 is 0 Å². The number of hydrogen-bond donors (Lipinski definition) is 2. The minimum absolute atomic E-state index is 0.499. The number of pyridine rings is 1. The van der Waals surface area contributed by atoms with Crippen molar-refractivity contribution < 1.29 is 0 Å². The summed E-state index contributed by atoms with van der Waals surface area (Å²) in [7, 11) is 0. The van der Waals surface area contributed by atoms with Crippen molar-refractivity contribution in [2.75, 3.05) is 24.1 Å². The van der Waals surface area contributed by atoms with E-state index in [2.05, 4.69) is 56.4 Å². The van der Waals surface area contributed by atoms with E-state index >= 15 is 0 Å². The molecule has 1 aliphatic rings. The molecule has 168 valence electrons. The molecule has 0 unspecified atom stereocenters. The van der Waals surface area contributed by atoms with Crippen molar-refractivity contribution >= 4 is 17.5 Å². The van der Waals surface area contributed by atoms with Crippen LogP contribution in [0.2, 0.25) is 0 Å². The van der Waals surface area contributed by atoms with Gasteiger partial charge in [0.2, 0.25) is 5.95 Å². The highest BCUT2D eigenvalue weighted by Crippen LogP contribution is 2.25. The van der Waals surface area contributed by atoms with Gasteiger partial charge in [0.05, 0.1) is 5.69 Å². The number of piperidine rings is 1. The topological polar surface area (TPSA) is 80.0 Å². The van der Waals surface area contributed by atoms with Gasteiger partial charge in [-0.05, 0) is 67.7 Å². The first kappa shape index (κ1) is 22.2. The lowest BCUT2D eigenvalue weighted by Gasteiger charge is -2.32. The Balaban J connectivity index is 1.34. The molecule has 1 saturated heterocycles. The van der Waals surface area contributed by atoms with E-state index < -0.39 is 0 Å². The number of nitrogens with one attached hydrogen (secondary N) is 1. The van der Waals surface area contributed by atoms with Gasteiger partial charge in [-0.15, -0.1) is 0 Å². The summed E-state index contributed by atoms with van der Waals surface area (Å²) in [5.41, 5.74) is 9.74. The second kappa shape index (κ2) is 11.0. The van der Waals surface area contributed by atoms with Crippen LogP contribution in [0.5, 0.6) is 0 Å². The molecule has 0 amide bonds. The Bertz CT molecular complexity index is 980. The lowest BCUT2D eigenvalue weighted by Crippen LogP contribution is -2.33. The number of anilines is 3. The SMILES string of the molecule is CCCCCC1CCN(Cc2cccc(Nc3nccc(-c4ccc(N)nc4)n3)c2)CC1. The summed E-state index contributed by atoms with van der Waals surface area (Å²) in [6.45, 7) is 5.69. The summed E-state index contributed by atoms with van der Waals surface area (Å²) >= 11 is 0. The van der Waals surface area contributed by atoms with Gasteiger partial charge >= 0.3 is 0 Å². The number of aromatic nitrogens is 3. The summed E-state index contributed by atoms with van der Waals surface area (Å²) in [6.07, 6.45) is 11.7. The zero-order chi connectivity index (χ0) is 22.2. The summed E-state index contributed by atoms with van der Waals surface area (Å²) in [4.78, 5) is 15.8. The van der Waals surface area contributed by atoms with E-state index in [1.807, 2.05) is 12.1 Å². The van der Waals surface area contributed by atoms with E-state index in [-0.39, 0.29) is 0 Å². The van der Waals surface area contributed by atoms with Crippen LogP contribution in [-0.2, 0) is 6.54 Å². The predicted octanol–water partition coefficient (Wildman–Crippen LogP) is 5.66. The molecular formula is C26H34N6. The first-order valence-electron chi connectivity index (χ1n) is 11.8. The van der Waals surface area contributed by atoms with Crippen LogP contribution in [0, 0.1) is 5.92 Å². The van der Waals surface area contributed by atoms with Crippen molar-refractivity contribution in [1.82, 2.24) is 19.9 Å². The van der Waals surface area contributed by atoms with Gasteiger partial charge in [0, 0.05) is 30.2 Å². The highest BCUT2D eigenvalue weighted by molar-refractivity contribution is 5.62. The van der Waals surface area contributed by atoms with Crippen LogP contribution in [-0.4, -0.2) is 32.9 Å². The van der Waals surface area contributed by atoms with Crippen molar-refractivity contribution in [1.29, 1.82) is 0 Å². The van der Waals surface area contributed by atoms with E-state index in [9.17, 15) is 0 Å². The number of hydrogen-bond acceptors (Lipinski definition) is 6. The minimum atomic E-state index is 0.499. The molecule has 3 aromatic rings. The number of benzene rings is 1. The molecule has 3 heterocycles. The van der Waals surface area contributed by atoms with E-state index in [0.29, 0.717) is 11.8 Å². The third-order valence-electron chi connectivity index (χ3n) is 6.25. The normalized spacial score (nSPS) is 15.0. The Morgan fingerprint density at radius 1 is 1.06 bits per heavy atom. The number of nitrogens with two attached hydrogens (primary N) is 1. The molecule has 2 aromatic heterocycles. The van der Waals surface area contributed by atoms with E-state index in [1.54, 1.807) is 18.5 Å². The summed E-state index contributed by atoms with van der Waals surface area (Å²) in [6, 6.07) is 14.1. The molecule has 4 rings (SSSR count). The molecule has 0 spiro atoms. The summed E-state index contributed by atoms with van der Waals surface area (Å²) < 4.78 is 0. The Labute approximate surface area is 191 Å². The molecule has 6 nitrogen and oxygen atoms in total. The molecule has 3 N–H and O–H groups in total. The maximum atomic E-state index is 5.69. The molecule has 0 atom stereocenters. The molecule has 0 aliphatic carbocycles. The lowest BCUT2D eigenvalue weighted by atomic mass is 9.91. The van der Waals surface area contributed by atoms with Crippen LogP contribution in [0.15, 0.2) is 54.9 Å². The molecule has 32 heavy (non-hydrogen) atoms. The van der Waals surface area contributed by atoms with E-state index in [0.717, 1.165) is 29.4 Å². The van der Waals surface area contributed by atoms with Gasteiger partial charge in [0.25, 0.3) is 0 Å². The van der Waals surface area contributed by atoms with Gasteiger partial charge in [-0.2, -0.15) is 0 Å². The number of nitrogen functional groups attached to an aromatic ring is 1. The van der Waals surface area contributed by atoms with Gasteiger partial charge in [0.15, 0.2) is 0 Å². The maximum absolute atomic E-state index is 5.69. The van der Waals surface area contributed by atoms with Crippen molar-refractivity contribution in [3.63, 3.8) is 0 Å². The fraction of sp³-hybridized carbons (Fsp3) is 0.423. The average Bonchev–Trinajstić information content (AvgIpc) is 2.81. The van der Waals surface area contributed by atoms with Gasteiger partial charge in [-0.1, -0.05) is 44.7 Å². The maximum Gasteiger partial charge on any atom is 0.227 e. The Hall–Kier alpha value is -2.99. The molecular weight excluding hydrogens is 396 g/mol. The standard InChI is InChI=1S/C26H34N6/c1-2-3-4-6-20-12-15-32(16-13-20)19-21-7-5-8-23(17-21)30-26-28-14-11-24(31-26)22-9-10-25(27)29-18-22/h5,7-11,14,17-18,20H,2-4,6,12-13,15-16,19H2,1H3,(H2,27,29)(H,28,30,31). The van der Waals surface area contributed by atoms with Gasteiger partial charge in [-0.3, -0.25) is 4.90 Å². The van der Waals surface area contributed by atoms with Crippen LogP contribution < -0.4 is 11.1 Å². The second-order valence-electron chi connectivity index (χ2n) is 8.78.